The first kappa shape index (κ1) is 17.7. The molecule has 0 saturated carbocycles. The normalized spacial score (nSPS) is 10.9. The molecule has 0 saturated heterocycles. The minimum atomic E-state index is -0.698. The van der Waals surface area contributed by atoms with Crippen molar-refractivity contribution in [2.45, 2.75) is 26.4 Å². The van der Waals surface area contributed by atoms with Gasteiger partial charge in [0.25, 0.3) is 5.69 Å². The second kappa shape index (κ2) is 7.60. The monoisotopic (exact) mass is 312 g/mol. The number of carbonyl (C=O) groups excluding carboxylic acids is 1. The fourth-order valence-electron chi connectivity index (χ4n) is 1.51. The lowest BCUT2D eigenvalue weighted by Crippen LogP contribution is -2.27. The number of amides is 1. The quantitative estimate of drug-likeness (QED) is 0.492. The predicted octanol–water partition coefficient (Wildman–Crippen LogP) is 2.97. The number of rotatable bonds is 6. The summed E-state index contributed by atoms with van der Waals surface area (Å²) in [7, 11) is 1.52. The van der Waals surface area contributed by atoms with Gasteiger partial charge in [-0.3, -0.25) is 15.4 Å². The van der Waals surface area contributed by atoms with Gasteiger partial charge >= 0.3 is 6.09 Å². The second-order valence-electron chi connectivity index (χ2n) is 5.44. The highest BCUT2D eigenvalue weighted by Gasteiger charge is 2.18. The van der Waals surface area contributed by atoms with Gasteiger partial charge in [-0.05, 0) is 20.8 Å². The number of nitrogens with one attached hydrogen (secondary N) is 1. The van der Waals surface area contributed by atoms with Crippen LogP contribution >= 0.6 is 0 Å². The third-order valence-corrected chi connectivity index (χ3v) is 2.30. The van der Waals surface area contributed by atoms with Gasteiger partial charge in [0.05, 0.1) is 23.3 Å². The molecule has 122 valence electrons. The number of methoxy groups -OCH3 is 1. The molecular formula is C14H20N2O6. The molecule has 0 aromatic heterocycles. The number of nitro groups is 1. The second-order valence-corrected chi connectivity index (χ2v) is 5.44. The first-order chi connectivity index (χ1) is 10.2. The molecule has 1 N–H and O–H groups in total. The standard InChI is InChI=1S/C14H20N2O6/c1-14(2,3)22-13(17)15-10-7-11(16(18)19)9-12(8-10)21-6-5-20-4/h7-9H,5-6H2,1-4H3,(H,15,17). The first-order valence-electron chi connectivity index (χ1n) is 6.62. The molecule has 1 rings (SSSR count). The molecule has 1 aromatic rings. The molecule has 22 heavy (non-hydrogen) atoms. The summed E-state index contributed by atoms with van der Waals surface area (Å²) in [5.74, 6) is 0.261. The Morgan fingerprint density at radius 1 is 1.27 bits per heavy atom. The summed E-state index contributed by atoms with van der Waals surface area (Å²) in [5, 5.41) is 13.4. The minimum absolute atomic E-state index is 0.194. The maximum atomic E-state index is 11.7. The van der Waals surface area contributed by atoms with Crippen LogP contribution in [0.2, 0.25) is 0 Å². The molecule has 0 unspecified atom stereocenters. The predicted molar refractivity (Wildman–Crippen MR) is 80.3 cm³/mol. The van der Waals surface area contributed by atoms with Gasteiger partial charge in [0, 0.05) is 19.2 Å². The maximum Gasteiger partial charge on any atom is 0.412 e. The van der Waals surface area contributed by atoms with Crippen LogP contribution in [0.4, 0.5) is 16.2 Å². The molecule has 8 heteroatoms. The summed E-state index contributed by atoms with van der Waals surface area (Å²) < 4.78 is 15.3. The van der Waals surface area contributed by atoms with E-state index in [0.29, 0.717) is 6.61 Å². The zero-order valence-corrected chi connectivity index (χ0v) is 13.0. The lowest BCUT2D eigenvalue weighted by molar-refractivity contribution is -0.384. The smallest absolute Gasteiger partial charge is 0.412 e. The summed E-state index contributed by atoms with van der Waals surface area (Å²) >= 11 is 0. The van der Waals surface area contributed by atoms with Gasteiger partial charge in [0.15, 0.2) is 0 Å². The summed E-state index contributed by atoms with van der Waals surface area (Å²) in [4.78, 5) is 22.1. The molecule has 0 aliphatic carbocycles. The van der Waals surface area contributed by atoms with Gasteiger partial charge in [-0.25, -0.2) is 4.79 Å². The average molecular weight is 312 g/mol. The molecule has 0 fully saturated rings. The van der Waals surface area contributed by atoms with Crippen molar-refractivity contribution in [1.29, 1.82) is 0 Å². The summed E-state index contributed by atoms with van der Waals surface area (Å²) in [6, 6.07) is 3.98. The Hall–Kier alpha value is -2.35. The van der Waals surface area contributed by atoms with Crippen LogP contribution < -0.4 is 10.1 Å². The van der Waals surface area contributed by atoms with Gasteiger partial charge in [-0.15, -0.1) is 0 Å². The molecule has 0 bridgehead atoms. The van der Waals surface area contributed by atoms with Crippen molar-refractivity contribution in [3.63, 3.8) is 0 Å². The number of non-ortho nitro benzene ring substituents is 1. The van der Waals surface area contributed by atoms with Crippen LogP contribution in [-0.4, -0.2) is 36.9 Å². The Kier molecular flexibility index (Phi) is 6.11. The van der Waals surface area contributed by atoms with Gasteiger partial charge < -0.3 is 14.2 Å². The number of hydrogen-bond acceptors (Lipinski definition) is 6. The van der Waals surface area contributed by atoms with Crippen molar-refractivity contribution in [3.8, 4) is 5.75 Å². The van der Waals surface area contributed by atoms with Crippen LogP contribution in [0.3, 0.4) is 0 Å². The number of carbonyl (C=O) groups is 1. The topological polar surface area (TPSA) is 99.9 Å². The van der Waals surface area contributed by atoms with Gasteiger partial charge in [0.1, 0.15) is 18.0 Å². The van der Waals surface area contributed by atoms with Crippen LogP contribution in [0.15, 0.2) is 18.2 Å². The van der Waals surface area contributed by atoms with E-state index in [2.05, 4.69) is 5.32 Å². The Bertz CT molecular complexity index is 539. The molecule has 0 heterocycles. The molecule has 0 aliphatic rings. The number of nitro benzene ring substituents is 1. The van der Waals surface area contributed by atoms with Crippen LogP contribution in [0.5, 0.6) is 5.75 Å². The van der Waals surface area contributed by atoms with E-state index in [-0.39, 0.29) is 23.7 Å². The number of hydrogen-bond donors (Lipinski definition) is 1. The SMILES string of the molecule is COCCOc1cc(NC(=O)OC(C)(C)C)cc([N+](=O)[O-])c1. The van der Waals surface area contributed by atoms with Crippen molar-refractivity contribution in [1.82, 2.24) is 0 Å². The molecule has 1 amide bonds. The van der Waals surface area contributed by atoms with Gasteiger partial charge in [-0.2, -0.15) is 0 Å². The Morgan fingerprint density at radius 2 is 1.95 bits per heavy atom. The highest BCUT2D eigenvalue weighted by atomic mass is 16.6. The van der Waals surface area contributed by atoms with E-state index in [0.717, 1.165) is 0 Å². The third-order valence-electron chi connectivity index (χ3n) is 2.30. The van der Waals surface area contributed by atoms with Crippen molar-refractivity contribution in [2.75, 3.05) is 25.6 Å². The van der Waals surface area contributed by atoms with E-state index < -0.39 is 16.6 Å². The molecule has 0 spiro atoms. The van der Waals surface area contributed by atoms with E-state index in [4.69, 9.17) is 14.2 Å². The van der Waals surface area contributed by atoms with Crippen molar-refractivity contribution in [3.05, 3.63) is 28.3 Å². The largest absolute Gasteiger partial charge is 0.491 e. The molecule has 0 aliphatic heterocycles. The summed E-state index contributed by atoms with van der Waals surface area (Å²) in [6.45, 7) is 5.75. The van der Waals surface area contributed by atoms with Crippen LogP contribution in [0, 0.1) is 10.1 Å². The first-order valence-corrected chi connectivity index (χ1v) is 6.62. The highest BCUT2D eigenvalue weighted by molar-refractivity contribution is 5.85. The summed E-state index contributed by atoms with van der Waals surface area (Å²) in [5.41, 5.74) is -0.639. The maximum absolute atomic E-state index is 11.7. The van der Waals surface area contributed by atoms with Gasteiger partial charge in [-0.1, -0.05) is 0 Å². The van der Waals surface area contributed by atoms with Crippen LogP contribution in [-0.2, 0) is 9.47 Å². The number of nitrogens with zero attached hydrogens (tertiary/aromatic N) is 1. The van der Waals surface area contributed by atoms with Crippen LogP contribution in [0.1, 0.15) is 20.8 Å². The fraction of sp³-hybridized carbons (Fsp3) is 0.500. The third kappa shape index (κ3) is 6.40. The Labute approximate surface area is 128 Å². The van der Waals surface area contributed by atoms with E-state index in [1.807, 2.05) is 0 Å². The minimum Gasteiger partial charge on any atom is -0.491 e. The average Bonchev–Trinajstić information content (AvgIpc) is 2.36. The van der Waals surface area contributed by atoms with E-state index in [9.17, 15) is 14.9 Å². The zero-order chi connectivity index (χ0) is 16.8. The fourth-order valence-corrected chi connectivity index (χ4v) is 1.51. The van der Waals surface area contributed by atoms with Crippen molar-refractivity contribution in [2.24, 2.45) is 0 Å². The van der Waals surface area contributed by atoms with Crippen LogP contribution in [0.25, 0.3) is 0 Å². The zero-order valence-electron chi connectivity index (χ0n) is 13.0. The number of ether oxygens (including phenoxy) is 3. The lowest BCUT2D eigenvalue weighted by Gasteiger charge is -2.19. The molecule has 0 atom stereocenters. The number of benzene rings is 1. The molecule has 8 nitrogen and oxygen atoms in total. The lowest BCUT2D eigenvalue weighted by atomic mass is 10.2. The Balaban J connectivity index is 2.88. The number of anilines is 1. The molecular weight excluding hydrogens is 292 g/mol. The van der Waals surface area contributed by atoms with E-state index in [1.54, 1.807) is 20.8 Å². The summed E-state index contributed by atoms with van der Waals surface area (Å²) in [6.07, 6.45) is -0.698. The van der Waals surface area contributed by atoms with Crippen molar-refractivity contribution >= 4 is 17.5 Å². The Morgan fingerprint density at radius 3 is 2.50 bits per heavy atom. The molecule has 0 radical (unpaired) electrons. The van der Waals surface area contributed by atoms with E-state index >= 15 is 0 Å². The van der Waals surface area contributed by atoms with E-state index in [1.165, 1.54) is 25.3 Å². The van der Waals surface area contributed by atoms with Gasteiger partial charge in [0.2, 0.25) is 0 Å². The van der Waals surface area contributed by atoms with Crippen molar-refractivity contribution < 1.29 is 23.9 Å². The highest BCUT2D eigenvalue weighted by Crippen LogP contribution is 2.26. The molecule has 1 aromatic carbocycles.